The van der Waals surface area contributed by atoms with Crippen LogP contribution in [0.1, 0.15) is 5.69 Å². The number of amides is 1. The summed E-state index contributed by atoms with van der Waals surface area (Å²) in [5.41, 5.74) is 8.60. The molecule has 1 amide bonds. The summed E-state index contributed by atoms with van der Waals surface area (Å²) in [4.78, 5) is 16.8. The normalized spacial score (nSPS) is 12.8. The predicted molar refractivity (Wildman–Crippen MR) is 95.9 cm³/mol. The quantitative estimate of drug-likeness (QED) is 0.719. The molecular weight excluding hydrogens is 318 g/mol. The van der Waals surface area contributed by atoms with Gasteiger partial charge in [-0.2, -0.15) is 0 Å². The number of aromatic nitrogens is 1. The summed E-state index contributed by atoms with van der Waals surface area (Å²) in [6.45, 7) is 1.04. The minimum atomic E-state index is -0.155. The average molecular weight is 335 g/mol. The summed E-state index contributed by atoms with van der Waals surface area (Å²) >= 11 is 0. The standard InChI is InChI=1S/C19H17N3O3/c20-15-3-1-2-12-4-5-14(22-19(12)15)11-18(23)21-13-6-7-16-17(10-13)25-9-8-24-16/h1-7,10H,8-9,11,20H2,(H,21,23). The zero-order chi connectivity index (χ0) is 17.2. The van der Waals surface area contributed by atoms with Gasteiger partial charge in [-0.05, 0) is 24.3 Å². The van der Waals surface area contributed by atoms with Gasteiger partial charge in [-0.15, -0.1) is 0 Å². The van der Waals surface area contributed by atoms with Crippen LogP contribution in [0.5, 0.6) is 11.5 Å². The first-order valence-electron chi connectivity index (χ1n) is 8.03. The SMILES string of the molecule is Nc1cccc2ccc(CC(=O)Nc3ccc4c(c3)OCCO4)nc12. The highest BCUT2D eigenvalue weighted by atomic mass is 16.6. The number of nitrogens with two attached hydrogens (primary N) is 1. The average Bonchev–Trinajstić information content (AvgIpc) is 2.62. The lowest BCUT2D eigenvalue weighted by Gasteiger charge is -2.19. The van der Waals surface area contributed by atoms with Crippen molar-refractivity contribution in [2.75, 3.05) is 24.3 Å². The Balaban J connectivity index is 1.49. The Bertz CT molecular complexity index is 956. The highest BCUT2D eigenvalue weighted by Crippen LogP contribution is 2.32. The third-order valence-electron chi connectivity index (χ3n) is 3.98. The van der Waals surface area contributed by atoms with Crippen molar-refractivity contribution in [2.24, 2.45) is 0 Å². The molecule has 126 valence electrons. The van der Waals surface area contributed by atoms with Crippen molar-refractivity contribution in [3.05, 3.63) is 54.2 Å². The maximum atomic E-state index is 12.3. The van der Waals surface area contributed by atoms with E-state index in [0.717, 1.165) is 5.39 Å². The zero-order valence-electron chi connectivity index (χ0n) is 13.5. The molecule has 0 atom stereocenters. The summed E-state index contributed by atoms with van der Waals surface area (Å²) in [5.74, 6) is 1.18. The van der Waals surface area contributed by atoms with E-state index in [1.807, 2.05) is 24.3 Å². The number of nitrogens with zero attached hydrogens (tertiary/aromatic N) is 1. The molecule has 0 radical (unpaired) electrons. The van der Waals surface area contributed by atoms with E-state index >= 15 is 0 Å². The van der Waals surface area contributed by atoms with Crippen LogP contribution >= 0.6 is 0 Å². The monoisotopic (exact) mass is 335 g/mol. The Kier molecular flexibility index (Phi) is 3.85. The molecule has 0 fully saturated rings. The van der Waals surface area contributed by atoms with Crippen molar-refractivity contribution in [2.45, 2.75) is 6.42 Å². The molecule has 3 N–H and O–H groups in total. The molecule has 25 heavy (non-hydrogen) atoms. The number of nitrogens with one attached hydrogen (secondary N) is 1. The van der Waals surface area contributed by atoms with Gasteiger partial charge in [-0.25, -0.2) is 0 Å². The van der Waals surface area contributed by atoms with Gasteiger partial charge in [0.05, 0.1) is 23.3 Å². The lowest BCUT2D eigenvalue weighted by molar-refractivity contribution is -0.115. The van der Waals surface area contributed by atoms with Gasteiger partial charge in [-0.1, -0.05) is 18.2 Å². The first-order valence-corrected chi connectivity index (χ1v) is 8.03. The molecular formula is C19H17N3O3. The second-order valence-electron chi connectivity index (χ2n) is 5.80. The van der Waals surface area contributed by atoms with Crippen molar-refractivity contribution in [1.82, 2.24) is 4.98 Å². The largest absolute Gasteiger partial charge is 0.486 e. The molecule has 6 nitrogen and oxygen atoms in total. The second-order valence-corrected chi connectivity index (χ2v) is 5.80. The Morgan fingerprint density at radius 1 is 1.08 bits per heavy atom. The number of rotatable bonds is 3. The molecule has 2 heterocycles. The van der Waals surface area contributed by atoms with E-state index in [0.29, 0.717) is 47.3 Å². The van der Waals surface area contributed by atoms with Crippen LogP contribution in [0.4, 0.5) is 11.4 Å². The van der Waals surface area contributed by atoms with Crippen molar-refractivity contribution >= 4 is 28.2 Å². The number of hydrogen-bond donors (Lipinski definition) is 2. The molecule has 0 saturated carbocycles. The summed E-state index contributed by atoms with van der Waals surface area (Å²) in [7, 11) is 0. The number of hydrogen-bond acceptors (Lipinski definition) is 5. The molecule has 0 spiro atoms. The van der Waals surface area contributed by atoms with Crippen LogP contribution < -0.4 is 20.5 Å². The van der Waals surface area contributed by atoms with Crippen molar-refractivity contribution < 1.29 is 14.3 Å². The van der Waals surface area contributed by atoms with E-state index in [1.165, 1.54) is 0 Å². The fourth-order valence-corrected chi connectivity index (χ4v) is 2.80. The molecule has 1 aliphatic heterocycles. The van der Waals surface area contributed by atoms with E-state index in [1.54, 1.807) is 24.3 Å². The summed E-state index contributed by atoms with van der Waals surface area (Å²) < 4.78 is 11.0. The Labute approximate surface area is 144 Å². The molecule has 0 aliphatic carbocycles. The Morgan fingerprint density at radius 3 is 2.80 bits per heavy atom. The third-order valence-corrected chi connectivity index (χ3v) is 3.98. The minimum Gasteiger partial charge on any atom is -0.486 e. The predicted octanol–water partition coefficient (Wildman–Crippen LogP) is 2.77. The van der Waals surface area contributed by atoms with E-state index in [9.17, 15) is 4.79 Å². The van der Waals surface area contributed by atoms with Gasteiger partial charge in [-0.3, -0.25) is 9.78 Å². The van der Waals surface area contributed by atoms with E-state index in [4.69, 9.17) is 15.2 Å². The van der Waals surface area contributed by atoms with Crippen LogP contribution in [0.15, 0.2) is 48.5 Å². The molecule has 0 unspecified atom stereocenters. The summed E-state index contributed by atoms with van der Waals surface area (Å²) in [6.07, 6.45) is 0.165. The number of anilines is 2. The number of benzene rings is 2. The van der Waals surface area contributed by atoms with Crippen LogP contribution in [0.25, 0.3) is 10.9 Å². The maximum Gasteiger partial charge on any atom is 0.230 e. The molecule has 1 aromatic heterocycles. The zero-order valence-corrected chi connectivity index (χ0v) is 13.5. The Hall–Kier alpha value is -3.28. The topological polar surface area (TPSA) is 86.5 Å². The lowest BCUT2D eigenvalue weighted by atomic mass is 10.1. The van der Waals surface area contributed by atoms with Gasteiger partial charge in [0.25, 0.3) is 0 Å². The number of carbonyl (C=O) groups excluding carboxylic acids is 1. The van der Waals surface area contributed by atoms with Gasteiger partial charge in [0.2, 0.25) is 5.91 Å². The molecule has 4 rings (SSSR count). The third kappa shape index (κ3) is 3.19. The lowest BCUT2D eigenvalue weighted by Crippen LogP contribution is -2.17. The molecule has 2 aromatic carbocycles. The molecule has 0 saturated heterocycles. The number of para-hydroxylation sites is 1. The number of carbonyl (C=O) groups is 1. The fraction of sp³-hybridized carbons (Fsp3) is 0.158. The van der Waals surface area contributed by atoms with Gasteiger partial charge >= 0.3 is 0 Å². The van der Waals surface area contributed by atoms with E-state index < -0.39 is 0 Å². The van der Waals surface area contributed by atoms with E-state index in [2.05, 4.69) is 10.3 Å². The number of nitrogen functional groups attached to an aromatic ring is 1. The van der Waals surface area contributed by atoms with Crippen LogP contribution in [-0.4, -0.2) is 24.1 Å². The van der Waals surface area contributed by atoms with Gasteiger partial charge in [0.15, 0.2) is 11.5 Å². The first-order chi connectivity index (χ1) is 12.2. The second kappa shape index (κ2) is 6.32. The Morgan fingerprint density at radius 2 is 1.92 bits per heavy atom. The highest BCUT2D eigenvalue weighted by Gasteiger charge is 2.13. The van der Waals surface area contributed by atoms with Gasteiger partial charge in [0, 0.05) is 17.1 Å². The van der Waals surface area contributed by atoms with E-state index in [-0.39, 0.29) is 12.3 Å². The minimum absolute atomic E-state index is 0.155. The smallest absolute Gasteiger partial charge is 0.230 e. The van der Waals surface area contributed by atoms with Crippen molar-refractivity contribution in [3.63, 3.8) is 0 Å². The number of pyridine rings is 1. The van der Waals surface area contributed by atoms with Crippen LogP contribution in [-0.2, 0) is 11.2 Å². The van der Waals surface area contributed by atoms with Gasteiger partial charge in [0.1, 0.15) is 13.2 Å². The highest BCUT2D eigenvalue weighted by molar-refractivity contribution is 5.93. The number of ether oxygens (including phenoxy) is 2. The van der Waals surface area contributed by atoms with Crippen LogP contribution in [0.2, 0.25) is 0 Å². The van der Waals surface area contributed by atoms with Crippen LogP contribution in [0.3, 0.4) is 0 Å². The summed E-state index contributed by atoms with van der Waals surface area (Å²) in [5, 5.41) is 3.81. The van der Waals surface area contributed by atoms with Gasteiger partial charge < -0.3 is 20.5 Å². The number of fused-ring (bicyclic) bond motifs is 2. The van der Waals surface area contributed by atoms with Crippen molar-refractivity contribution in [3.8, 4) is 11.5 Å². The molecule has 1 aliphatic rings. The molecule has 0 bridgehead atoms. The summed E-state index contributed by atoms with van der Waals surface area (Å²) in [6, 6.07) is 14.7. The molecule has 6 heteroatoms. The van der Waals surface area contributed by atoms with Crippen molar-refractivity contribution in [1.29, 1.82) is 0 Å². The maximum absolute atomic E-state index is 12.3. The molecule has 3 aromatic rings. The van der Waals surface area contributed by atoms with Crippen LogP contribution in [0, 0.1) is 0 Å². The fourth-order valence-electron chi connectivity index (χ4n) is 2.80. The first kappa shape index (κ1) is 15.3.